The van der Waals surface area contributed by atoms with Crippen LogP contribution in [0.2, 0.25) is 0 Å². The van der Waals surface area contributed by atoms with E-state index in [1.807, 2.05) is 16.7 Å². The third-order valence-electron chi connectivity index (χ3n) is 3.65. The van der Waals surface area contributed by atoms with Crippen molar-refractivity contribution in [2.24, 2.45) is 0 Å². The highest BCUT2D eigenvalue weighted by Crippen LogP contribution is 2.39. The van der Waals surface area contributed by atoms with E-state index in [2.05, 4.69) is 29.6 Å². The molecule has 1 fully saturated rings. The van der Waals surface area contributed by atoms with Crippen LogP contribution in [0, 0.1) is 0 Å². The molecule has 18 heavy (non-hydrogen) atoms. The van der Waals surface area contributed by atoms with Gasteiger partial charge < -0.3 is 10.2 Å². The van der Waals surface area contributed by atoms with Crippen molar-refractivity contribution < 1.29 is 4.79 Å². The Hall–Kier alpha value is -1.00. The molecule has 0 radical (unpaired) electrons. The van der Waals surface area contributed by atoms with E-state index in [0.29, 0.717) is 12.5 Å². The molecule has 1 atom stereocenters. The summed E-state index contributed by atoms with van der Waals surface area (Å²) in [5.41, 5.74) is 1.42. The number of thioether (sulfide) groups is 1. The predicted molar refractivity (Wildman–Crippen MR) is 74.0 cm³/mol. The fourth-order valence-corrected chi connectivity index (χ4v) is 3.91. The van der Waals surface area contributed by atoms with Crippen LogP contribution in [0.5, 0.6) is 0 Å². The highest BCUT2D eigenvalue weighted by molar-refractivity contribution is 7.99. The lowest BCUT2D eigenvalue weighted by atomic mass is 10.0. The number of nitrogens with zero attached hydrogens (tertiary/aromatic N) is 1. The zero-order chi connectivity index (χ0) is 12.4. The third kappa shape index (κ3) is 2.40. The minimum Gasteiger partial charge on any atom is -0.341 e. The van der Waals surface area contributed by atoms with Gasteiger partial charge >= 0.3 is 0 Å². The zero-order valence-corrected chi connectivity index (χ0v) is 11.2. The molecule has 1 N–H and O–H groups in total. The lowest BCUT2D eigenvalue weighted by molar-refractivity contribution is -0.129. The Balaban J connectivity index is 1.72. The number of hydrogen-bond acceptors (Lipinski definition) is 3. The van der Waals surface area contributed by atoms with Crippen molar-refractivity contribution in [3.05, 3.63) is 29.8 Å². The molecule has 0 spiro atoms. The summed E-state index contributed by atoms with van der Waals surface area (Å²) < 4.78 is 0. The van der Waals surface area contributed by atoms with E-state index in [1.54, 1.807) is 0 Å². The number of nitrogens with one attached hydrogen (secondary N) is 1. The normalized spacial score (nSPS) is 23.9. The smallest absolute Gasteiger partial charge is 0.236 e. The number of hydrogen-bond donors (Lipinski definition) is 1. The van der Waals surface area contributed by atoms with Gasteiger partial charge in [0.2, 0.25) is 5.91 Å². The van der Waals surface area contributed by atoms with E-state index in [4.69, 9.17) is 0 Å². The summed E-state index contributed by atoms with van der Waals surface area (Å²) in [7, 11) is 0. The third-order valence-corrected chi connectivity index (χ3v) is 4.90. The molecule has 2 aliphatic heterocycles. The Morgan fingerprint density at radius 1 is 1.39 bits per heavy atom. The minimum absolute atomic E-state index is 0.252. The first-order valence-corrected chi connectivity index (χ1v) is 7.53. The molecule has 96 valence electrons. The zero-order valence-electron chi connectivity index (χ0n) is 10.4. The molecule has 1 amide bonds. The van der Waals surface area contributed by atoms with Crippen LogP contribution in [0.15, 0.2) is 29.2 Å². The molecule has 1 saturated heterocycles. The van der Waals surface area contributed by atoms with Crippen molar-refractivity contribution >= 4 is 17.7 Å². The van der Waals surface area contributed by atoms with Crippen molar-refractivity contribution in [2.45, 2.75) is 17.2 Å². The summed E-state index contributed by atoms with van der Waals surface area (Å²) in [6.07, 6.45) is 1.06. The van der Waals surface area contributed by atoms with Crippen molar-refractivity contribution in [2.75, 3.05) is 31.9 Å². The fourth-order valence-electron chi connectivity index (χ4n) is 2.67. The molecule has 1 aromatic rings. The van der Waals surface area contributed by atoms with Gasteiger partial charge in [-0.2, -0.15) is 0 Å². The van der Waals surface area contributed by atoms with E-state index in [0.717, 1.165) is 31.8 Å². The average Bonchev–Trinajstić information content (AvgIpc) is 2.69. The van der Waals surface area contributed by atoms with Gasteiger partial charge in [0.15, 0.2) is 0 Å². The Bertz CT molecular complexity index is 449. The molecule has 1 aromatic carbocycles. The standard InChI is InChI=1S/C14H18N2OS/c17-14-8-15-6-3-7-16(14)9-11-10-18-13-5-2-1-4-12(11)13/h1-2,4-5,11,15H,3,6-10H2. The number of amides is 1. The largest absolute Gasteiger partial charge is 0.341 e. The van der Waals surface area contributed by atoms with Crippen LogP contribution in [-0.4, -0.2) is 42.7 Å². The maximum atomic E-state index is 12.0. The molecule has 0 aliphatic carbocycles. The van der Waals surface area contributed by atoms with Gasteiger partial charge in [0.1, 0.15) is 0 Å². The second-order valence-electron chi connectivity index (χ2n) is 4.92. The van der Waals surface area contributed by atoms with Gasteiger partial charge in [-0.1, -0.05) is 18.2 Å². The van der Waals surface area contributed by atoms with Crippen molar-refractivity contribution in [1.82, 2.24) is 10.2 Å². The Morgan fingerprint density at radius 3 is 3.22 bits per heavy atom. The molecule has 2 heterocycles. The minimum atomic E-state index is 0.252. The first-order valence-electron chi connectivity index (χ1n) is 6.55. The quantitative estimate of drug-likeness (QED) is 0.880. The molecule has 1 unspecified atom stereocenters. The van der Waals surface area contributed by atoms with E-state index in [1.165, 1.54) is 10.5 Å². The molecular formula is C14H18N2OS. The molecule has 3 nitrogen and oxygen atoms in total. The highest BCUT2D eigenvalue weighted by atomic mass is 32.2. The van der Waals surface area contributed by atoms with Gasteiger partial charge in [0.25, 0.3) is 0 Å². The summed E-state index contributed by atoms with van der Waals surface area (Å²) in [5.74, 6) is 1.87. The van der Waals surface area contributed by atoms with E-state index in [-0.39, 0.29) is 5.91 Å². The molecule has 0 bridgehead atoms. The Labute approximate surface area is 112 Å². The van der Waals surface area contributed by atoms with Gasteiger partial charge in [-0.3, -0.25) is 4.79 Å². The summed E-state index contributed by atoms with van der Waals surface area (Å²) in [6, 6.07) is 8.59. The van der Waals surface area contributed by atoms with Crippen LogP contribution in [0.25, 0.3) is 0 Å². The van der Waals surface area contributed by atoms with Crippen LogP contribution in [0.3, 0.4) is 0 Å². The summed E-state index contributed by atoms with van der Waals surface area (Å²) in [4.78, 5) is 15.4. The van der Waals surface area contributed by atoms with E-state index < -0.39 is 0 Å². The second-order valence-corrected chi connectivity index (χ2v) is 5.98. The number of rotatable bonds is 2. The van der Waals surface area contributed by atoms with E-state index in [9.17, 15) is 4.79 Å². The predicted octanol–water partition coefficient (Wildman–Crippen LogP) is 1.70. The number of carbonyl (C=O) groups is 1. The van der Waals surface area contributed by atoms with E-state index >= 15 is 0 Å². The van der Waals surface area contributed by atoms with Crippen LogP contribution >= 0.6 is 11.8 Å². The molecule has 2 aliphatic rings. The first kappa shape index (κ1) is 12.1. The number of fused-ring (bicyclic) bond motifs is 1. The van der Waals surface area contributed by atoms with Crippen LogP contribution in [0.4, 0.5) is 0 Å². The molecule has 0 aromatic heterocycles. The SMILES string of the molecule is O=C1CNCCCN1CC1CSc2ccccc21. The highest BCUT2D eigenvalue weighted by Gasteiger charge is 2.27. The molecule has 4 heteroatoms. The van der Waals surface area contributed by atoms with Gasteiger partial charge in [-0.25, -0.2) is 0 Å². The van der Waals surface area contributed by atoms with Crippen LogP contribution in [-0.2, 0) is 4.79 Å². The van der Waals surface area contributed by atoms with Gasteiger partial charge in [-0.15, -0.1) is 11.8 Å². The average molecular weight is 262 g/mol. The first-order chi connectivity index (χ1) is 8.84. The maximum absolute atomic E-state index is 12.0. The second kappa shape index (κ2) is 5.33. The van der Waals surface area contributed by atoms with Crippen molar-refractivity contribution in [3.8, 4) is 0 Å². The number of carbonyl (C=O) groups excluding carboxylic acids is 1. The fraction of sp³-hybridized carbons (Fsp3) is 0.500. The topological polar surface area (TPSA) is 32.3 Å². The lowest BCUT2D eigenvalue weighted by Gasteiger charge is -2.24. The van der Waals surface area contributed by atoms with Crippen molar-refractivity contribution in [1.29, 1.82) is 0 Å². The molecular weight excluding hydrogens is 244 g/mol. The molecule has 0 saturated carbocycles. The van der Waals surface area contributed by atoms with Crippen LogP contribution in [0.1, 0.15) is 17.9 Å². The summed E-state index contributed by atoms with van der Waals surface area (Å²) >= 11 is 1.92. The van der Waals surface area contributed by atoms with Gasteiger partial charge in [0.05, 0.1) is 6.54 Å². The summed E-state index contributed by atoms with van der Waals surface area (Å²) in [6.45, 7) is 3.24. The summed E-state index contributed by atoms with van der Waals surface area (Å²) in [5, 5.41) is 3.17. The maximum Gasteiger partial charge on any atom is 0.236 e. The molecule has 3 rings (SSSR count). The Morgan fingerprint density at radius 2 is 2.28 bits per heavy atom. The van der Waals surface area contributed by atoms with Gasteiger partial charge in [-0.05, 0) is 24.6 Å². The van der Waals surface area contributed by atoms with Gasteiger partial charge in [0, 0.05) is 29.7 Å². The number of benzene rings is 1. The van der Waals surface area contributed by atoms with Crippen molar-refractivity contribution in [3.63, 3.8) is 0 Å². The van der Waals surface area contributed by atoms with Crippen LogP contribution < -0.4 is 5.32 Å². The Kier molecular flexibility index (Phi) is 3.57. The monoisotopic (exact) mass is 262 g/mol. The lowest BCUT2D eigenvalue weighted by Crippen LogP contribution is -2.37.